The smallest absolute Gasteiger partial charge is 0.357 e. The number of carbonyl (C=O) groups is 1. The van der Waals surface area contributed by atoms with Crippen LogP contribution < -0.4 is 10.6 Å². The summed E-state index contributed by atoms with van der Waals surface area (Å²) in [6, 6.07) is 14.5. The summed E-state index contributed by atoms with van der Waals surface area (Å²) in [4.78, 5) is 18.1. The van der Waals surface area contributed by atoms with Gasteiger partial charge in [0.05, 0.1) is 23.5 Å². The highest BCUT2D eigenvalue weighted by molar-refractivity contribution is 7.80. The Kier molecular flexibility index (Phi) is 11.4. The van der Waals surface area contributed by atoms with Gasteiger partial charge in [0.25, 0.3) is 0 Å². The third kappa shape index (κ3) is 7.08. The third-order valence-corrected chi connectivity index (χ3v) is 5.29. The molecule has 6 nitrogen and oxygen atoms in total. The number of aromatic nitrogens is 2. The second-order valence-corrected chi connectivity index (χ2v) is 8.21. The Morgan fingerprint density at radius 3 is 2.39 bits per heavy atom. The highest BCUT2D eigenvalue weighted by atomic mass is 32.1. The van der Waals surface area contributed by atoms with Gasteiger partial charge >= 0.3 is 5.97 Å². The topological polar surface area (TPSA) is 68.2 Å². The van der Waals surface area contributed by atoms with Crippen LogP contribution in [0.2, 0.25) is 0 Å². The van der Waals surface area contributed by atoms with Gasteiger partial charge in [-0.15, -0.1) is 12.6 Å². The number of anilines is 2. The summed E-state index contributed by atoms with van der Waals surface area (Å²) < 4.78 is 21.8. The molecule has 0 aliphatic heterocycles. The lowest BCUT2D eigenvalue weighted by atomic mass is 10.2. The fourth-order valence-corrected chi connectivity index (χ4v) is 3.69. The van der Waals surface area contributed by atoms with Crippen LogP contribution in [0.1, 0.15) is 42.4 Å². The first-order chi connectivity index (χ1) is 17.4. The van der Waals surface area contributed by atoms with Crippen molar-refractivity contribution in [1.29, 1.82) is 0 Å². The molecule has 0 aliphatic carbocycles. The molecule has 192 valence electrons. The summed E-state index contributed by atoms with van der Waals surface area (Å²) in [5.74, 6) is -0.886. The Bertz CT molecular complexity index is 1270. The van der Waals surface area contributed by atoms with E-state index >= 15 is 0 Å². The molecule has 0 spiro atoms. The molecule has 36 heavy (non-hydrogen) atoms. The molecular weight excluding hydrogens is 475 g/mol. The van der Waals surface area contributed by atoms with Crippen molar-refractivity contribution in [3.63, 3.8) is 0 Å². The first-order valence-electron chi connectivity index (χ1n) is 11.9. The molecule has 0 saturated carbocycles. The van der Waals surface area contributed by atoms with Crippen LogP contribution in [0.3, 0.4) is 0 Å². The van der Waals surface area contributed by atoms with Gasteiger partial charge < -0.3 is 19.9 Å². The van der Waals surface area contributed by atoms with Crippen molar-refractivity contribution >= 4 is 40.9 Å². The van der Waals surface area contributed by atoms with Gasteiger partial charge in [0.1, 0.15) is 5.82 Å². The summed E-state index contributed by atoms with van der Waals surface area (Å²) in [6.07, 6.45) is 3.33. The lowest BCUT2D eigenvalue weighted by Crippen LogP contribution is -2.15. The number of nitrogens with zero attached hydrogens (tertiary/aromatic N) is 2. The van der Waals surface area contributed by atoms with E-state index in [1.807, 2.05) is 75.8 Å². The van der Waals surface area contributed by atoms with Crippen LogP contribution in [0, 0.1) is 12.7 Å². The molecule has 2 heterocycles. The Hall–Kier alpha value is -3.36. The number of carbonyl (C=O) groups excluding carboxylic acids is 1. The Morgan fingerprint density at radius 1 is 1.11 bits per heavy atom. The molecule has 0 radical (unpaired) electrons. The van der Waals surface area contributed by atoms with E-state index in [1.54, 1.807) is 25.4 Å². The van der Waals surface area contributed by atoms with Crippen molar-refractivity contribution in [2.45, 2.75) is 39.1 Å². The van der Waals surface area contributed by atoms with Crippen LogP contribution in [-0.4, -0.2) is 36.2 Å². The van der Waals surface area contributed by atoms with Gasteiger partial charge in [-0.05, 0) is 69.4 Å². The van der Waals surface area contributed by atoms with Crippen LogP contribution in [0.15, 0.2) is 65.8 Å². The number of thiol groups is 1. The number of ether oxygens (including phenoxy) is 1. The molecule has 0 bridgehead atoms. The normalized spacial score (nSPS) is 10.1. The van der Waals surface area contributed by atoms with Crippen molar-refractivity contribution in [3.8, 4) is 0 Å². The number of fused-ring (bicyclic) bond motifs is 1. The summed E-state index contributed by atoms with van der Waals surface area (Å²) in [5, 5.41) is 6.57. The summed E-state index contributed by atoms with van der Waals surface area (Å²) in [7, 11) is 3.75. The summed E-state index contributed by atoms with van der Waals surface area (Å²) >= 11 is 4.34. The molecule has 0 amide bonds. The Balaban J connectivity index is 0.000000850. The summed E-state index contributed by atoms with van der Waals surface area (Å²) in [6.45, 7) is 8.24. The maximum absolute atomic E-state index is 14.6. The maximum Gasteiger partial charge on any atom is 0.357 e. The van der Waals surface area contributed by atoms with E-state index in [2.05, 4.69) is 28.2 Å². The maximum atomic E-state index is 14.6. The Morgan fingerprint density at radius 2 is 1.78 bits per heavy atom. The van der Waals surface area contributed by atoms with Crippen LogP contribution in [0.5, 0.6) is 0 Å². The molecule has 4 rings (SSSR count). The highest BCUT2D eigenvalue weighted by Crippen LogP contribution is 2.35. The SMILES string of the molecule is CC.CCOC(=O)c1c(Nc2ccc(C)cc2F)c2cnccc2n1Cc1ccc(S)cc1.CNC. The molecule has 0 saturated heterocycles. The highest BCUT2D eigenvalue weighted by Gasteiger charge is 2.25. The number of rotatable bonds is 6. The standard InChI is InChI=1S/C24H22FN3O2S.C2H7N.C2H6/c1-3-30-24(29)23-22(27-20-9-4-15(2)12-19(20)25)18-13-26-11-10-21(18)28(23)14-16-5-7-17(31)8-6-16;1-3-2;1-2/h4-13,27,31H,3,14H2,1-2H3;3H,1-2H3;1-2H3. The van der Waals surface area contributed by atoms with Crippen LogP contribution in [0.4, 0.5) is 15.8 Å². The van der Waals surface area contributed by atoms with Gasteiger partial charge in [-0.3, -0.25) is 4.98 Å². The molecule has 0 unspecified atom stereocenters. The molecule has 2 N–H and O–H groups in total. The minimum Gasteiger partial charge on any atom is -0.461 e. The van der Waals surface area contributed by atoms with Gasteiger partial charge in [0.2, 0.25) is 0 Å². The van der Waals surface area contributed by atoms with Gasteiger partial charge in [0, 0.05) is 29.2 Å². The van der Waals surface area contributed by atoms with E-state index in [0.29, 0.717) is 23.3 Å². The van der Waals surface area contributed by atoms with E-state index in [0.717, 1.165) is 21.5 Å². The number of halogens is 1. The number of hydrogen-bond donors (Lipinski definition) is 3. The number of esters is 1. The zero-order chi connectivity index (χ0) is 26.7. The van der Waals surface area contributed by atoms with Crippen molar-refractivity contribution in [1.82, 2.24) is 14.9 Å². The number of pyridine rings is 1. The quantitative estimate of drug-likeness (QED) is 0.201. The fourth-order valence-electron chi connectivity index (χ4n) is 3.54. The van der Waals surface area contributed by atoms with E-state index in [-0.39, 0.29) is 12.3 Å². The first kappa shape index (κ1) is 28.9. The van der Waals surface area contributed by atoms with Crippen molar-refractivity contribution in [2.24, 2.45) is 0 Å². The molecule has 2 aromatic carbocycles. The zero-order valence-corrected chi connectivity index (χ0v) is 22.6. The summed E-state index contributed by atoms with van der Waals surface area (Å²) in [5.41, 5.74) is 3.66. The number of nitrogens with one attached hydrogen (secondary N) is 2. The van der Waals surface area contributed by atoms with Crippen molar-refractivity contribution in [2.75, 3.05) is 26.0 Å². The molecule has 4 aromatic rings. The second-order valence-electron chi connectivity index (χ2n) is 7.70. The first-order valence-corrected chi connectivity index (χ1v) is 12.4. The minimum absolute atomic E-state index is 0.227. The van der Waals surface area contributed by atoms with Crippen molar-refractivity contribution in [3.05, 3.63) is 83.6 Å². The molecule has 0 fully saturated rings. The third-order valence-electron chi connectivity index (χ3n) is 4.99. The molecule has 2 aromatic heterocycles. The molecule has 0 atom stereocenters. The zero-order valence-electron chi connectivity index (χ0n) is 21.7. The largest absolute Gasteiger partial charge is 0.461 e. The van der Waals surface area contributed by atoms with Gasteiger partial charge in [-0.1, -0.05) is 32.0 Å². The van der Waals surface area contributed by atoms with Gasteiger partial charge in [-0.2, -0.15) is 0 Å². The predicted octanol–water partition coefficient (Wildman–Crippen LogP) is 6.60. The average Bonchev–Trinajstić information content (AvgIpc) is 3.17. The van der Waals surface area contributed by atoms with Gasteiger partial charge in [0.15, 0.2) is 5.69 Å². The lowest BCUT2D eigenvalue weighted by molar-refractivity contribution is 0.0516. The van der Waals surface area contributed by atoms with E-state index in [4.69, 9.17) is 4.74 Å². The van der Waals surface area contributed by atoms with Crippen LogP contribution >= 0.6 is 12.6 Å². The molecular formula is C28H35FN4O2S. The second kappa shape index (κ2) is 14.3. The van der Waals surface area contributed by atoms with E-state index in [9.17, 15) is 9.18 Å². The number of hydrogen-bond acceptors (Lipinski definition) is 6. The lowest BCUT2D eigenvalue weighted by Gasteiger charge is -2.13. The Labute approximate surface area is 218 Å². The molecule has 0 aliphatic rings. The van der Waals surface area contributed by atoms with E-state index in [1.165, 1.54) is 6.07 Å². The minimum atomic E-state index is -0.487. The monoisotopic (exact) mass is 510 g/mol. The number of benzene rings is 2. The number of aryl methyl sites for hydroxylation is 1. The fraction of sp³-hybridized carbons (Fsp3) is 0.286. The molecule has 8 heteroatoms. The van der Waals surface area contributed by atoms with Crippen molar-refractivity contribution < 1.29 is 13.9 Å². The van der Waals surface area contributed by atoms with Crippen LogP contribution in [0.25, 0.3) is 10.9 Å². The van der Waals surface area contributed by atoms with Crippen LogP contribution in [-0.2, 0) is 11.3 Å². The van der Waals surface area contributed by atoms with E-state index < -0.39 is 11.8 Å². The average molecular weight is 511 g/mol. The van der Waals surface area contributed by atoms with Gasteiger partial charge in [-0.25, -0.2) is 9.18 Å². The predicted molar refractivity (Wildman–Crippen MR) is 149 cm³/mol.